The first-order chi connectivity index (χ1) is 15.9. The third kappa shape index (κ3) is 10.6. The number of nitrogens with zero attached hydrogens (tertiary/aromatic N) is 2. The molecule has 2 aromatic rings. The zero-order chi connectivity index (χ0) is 23.9. The fraction of sp³-hybridized carbons (Fsp3) is 0.577. The van der Waals surface area contributed by atoms with Crippen LogP contribution in [0.25, 0.3) is 0 Å². The molecule has 7 heteroatoms. The van der Waals surface area contributed by atoms with Gasteiger partial charge in [-0.15, -0.1) is 0 Å². The minimum atomic E-state index is -0.433. The third-order valence-corrected chi connectivity index (χ3v) is 5.56. The fourth-order valence-corrected chi connectivity index (χ4v) is 3.50. The van der Waals surface area contributed by atoms with Crippen molar-refractivity contribution in [2.75, 3.05) is 18.5 Å². The maximum atomic E-state index is 12.1. The van der Waals surface area contributed by atoms with Crippen molar-refractivity contribution in [3.63, 3.8) is 0 Å². The number of hydrogen-bond donors (Lipinski definition) is 1. The van der Waals surface area contributed by atoms with E-state index in [9.17, 15) is 9.59 Å². The first-order valence-electron chi connectivity index (χ1n) is 12.1. The van der Waals surface area contributed by atoms with Gasteiger partial charge in [-0.05, 0) is 70.7 Å². The van der Waals surface area contributed by atoms with Gasteiger partial charge >= 0.3 is 5.97 Å². The second-order valence-corrected chi connectivity index (χ2v) is 8.95. The van der Waals surface area contributed by atoms with Gasteiger partial charge in [-0.2, -0.15) is 0 Å². The van der Waals surface area contributed by atoms with Crippen molar-refractivity contribution >= 4 is 17.6 Å². The number of aromatic nitrogens is 2. The number of esters is 1. The molecule has 0 unspecified atom stereocenters. The average Bonchev–Trinajstić information content (AvgIpc) is 3.30. The molecule has 0 aliphatic heterocycles. The number of carbonyl (C=O) groups is 2. The number of carbonyl (C=O) groups excluding carboxylic acids is 2. The molecule has 2 rings (SSSR count). The Morgan fingerprint density at radius 2 is 1.79 bits per heavy atom. The molecule has 33 heavy (non-hydrogen) atoms. The third-order valence-electron chi connectivity index (χ3n) is 5.56. The number of benzene rings is 1. The second kappa shape index (κ2) is 14.3. The van der Waals surface area contributed by atoms with Crippen molar-refractivity contribution in [2.24, 2.45) is 5.41 Å². The molecule has 1 aromatic carbocycles. The summed E-state index contributed by atoms with van der Waals surface area (Å²) in [5.74, 6) is 0.704. The van der Waals surface area contributed by atoms with E-state index in [0.29, 0.717) is 19.6 Å². The van der Waals surface area contributed by atoms with Gasteiger partial charge in [-0.1, -0.05) is 19.3 Å². The van der Waals surface area contributed by atoms with Gasteiger partial charge in [-0.25, -0.2) is 4.98 Å². The number of rotatable bonds is 16. The Kier molecular flexibility index (Phi) is 11.5. The molecule has 0 radical (unpaired) electrons. The number of imidazole rings is 1. The summed E-state index contributed by atoms with van der Waals surface area (Å²) < 4.78 is 13.0. The molecular weight excluding hydrogens is 418 g/mol. The van der Waals surface area contributed by atoms with Gasteiger partial charge in [0.15, 0.2) is 0 Å². The normalized spacial score (nSPS) is 11.2. The molecule has 0 saturated heterocycles. The average molecular weight is 458 g/mol. The summed E-state index contributed by atoms with van der Waals surface area (Å²) in [4.78, 5) is 28.1. The Balaban J connectivity index is 1.54. The molecule has 1 N–H and O–H groups in total. The van der Waals surface area contributed by atoms with Gasteiger partial charge < -0.3 is 19.4 Å². The Morgan fingerprint density at radius 1 is 1.03 bits per heavy atom. The van der Waals surface area contributed by atoms with Gasteiger partial charge in [-0.3, -0.25) is 9.59 Å². The summed E-state index contributed by atoms with van der Waals surface area (Å²) >= 11 is 0. The quantitative estimate of drug-likeness (QED) is 0.262. The van der Waals surface area contributed by atoms with Gasteiger partial charge in [0.1, 0.15) is 5.75 Å². The zero-order valence-electron chi connectivity index (χ0n) is 20.3. The summed E-state index contributed by atoms with van der Waals surface area (Å²) in [5.41, 5.74) is 0.351. The lowest BCUT2D eigenvalue weighted by Crippen LogP contribution is -2.26. The lowest BCUT2D eigenvalue weighted by atomic mass is 9.87. The van der Waals surface area contributed by atoms with Crippen molar-refractivity contribution in [1.29, 1.82) is 0 Å². The highest BCUT2D eigenvalue weighted by atomic mass is 16.5. The molecule has 0 saturated carbocycles. The largest absolute Gasteiger partial charge is 0.494 e. The molecule has 0 aliphatic carbocycles. The minimum absolute atomic E-state index is 0.0389. The van der Waals surface area contributed by atoms with Crippen LogP contribution in [0.15, 0.2) is 43.0 Å². The standard InChI is InChI=1S/C26H39N3O4/c1-4-32-25(31)26(2,3)16-8-6-10-20-33-23-14-12-22(13-15-23)28-24(30)11-7-5-9-18-29-19-17-27-21-29/h12-15,17,19,21H,4-11,16,18,20H2,1-3H3,(H,28,30). The summed E-state index contributed by atoms with van der Waals surface area (Å²) in [6, 6.07) is 7.50. The Bertz CT molecular complexity index is 817. The van der Waals surface area contributed by atoms with Crippen LogP contribution >= 0.6 is 0 Å². The van der Waals surface area contributed by atoms with Crippen LogP contribution in [0, 0.1) is 5.41 Å². The highest BCUT2D eigenvalue weighted by Gasteiger charge is 2.28. The summed E-state index contributed by atoms with van der Waals surface area (Å²) in [6.45, 7) is 7.69. The fourth-order valence-electron chi connectivity index (χ4n) is 3.50. The number of amides is 1. The summed E-state index contributed by atoms with van der Waals surface area (Å²) in [7, 11) is 0. The first-order valence-corrected chi connectivity index (χ1v) is 12.1. The van der Waals surface area contributed by atoms with E-state index >= 15 is 0 Å². The lowest BCUT2D eigenvalue weighted by molar-refractivity contribution is -0.153. The van der Waals surface area contributed by atoms with E-state index < -0.39 is 5.41 Å². The smallest absolute Gasteiger partial charge is 0.311 e. The Hall–Kier alpha value is -2.83. The van der Waals surface area contributed by atoms with Crippen LogP contribution < -0.4 is 10.1 Å². The molecular formula is C26H39N3O4. The molecule has 1 aromatic heterocycles. The van der Waals surface area contributed by atoms with Crippen molar-refractivity contribution < 1.29 is 19.1 Å². The molecule has 0 fully saturated rings. The van der Waals surface area contributed by atoms with E-state index in [2.05, 4.69) is 14.9 Å². The van der Waals surface area contributed by atoms with E-state index in [4.69, 9.17) is 9.47 Å². The van der Waals surface area contributed by atoms with Gasteiger partial charge in [0.05, 0.1) is 25.0 Å². The molecule has 1 amide bonds. The van der Waals surface area contributed by atoms with Crippen molar-refractivity contribution in [2.45, 2.75) is 78.7 Å². The molecule has 0 aliphatic rings. The second-order valence-electron chi connectivity index (χ2n) is 8.95. The molecule has 0 atom stereocenters. The highest BCUT2D eigenvalue weighted by Crippen LogP contribution is 2.25. The van der Waals surface area contributed by atoms with Crippen LogP contribution in [0.5, 0.6) is 5.75 Å². The van der Waals surface area contributed by atoms with Crippen LogP contribution in [0.4, 0.5) is 5.69 Å². The van der Waals surface area contributed by atoms with Gasteiger partial charge in [0.2, 0.25) is 5.91 Å². The van der Waals surface area contributed by atoms with Crippen LogP contribution in [0.2, 0.25) is 0 Å². The Labute approximate surface area is 197 Å². The number of ether oxygens (including phenoxy) is 2. The van der Waals surface area contributed by atoms with E-state index in [-0.39, 0.29) is 11.9 Å². The van der Waals surface area contributed by atoms with E-state index in [1.54, 1.807) is 6.20 Å². The summed E-state index contributed by atoms with van der Waals surface area (Å²) in [5, 5.41) is 2.94. The molecule has 182 valence electrons. The summed E-state index contributed by atoms with van der Waals surface area (Å²) in [6.07, 6.45) is 12.7. The van der Waals surface area contributed by atoms with Crippen LogP contribution in [0.3, 0.4) is 0 Å². The van der Waals surface area contributed by atoms with E-state index in [1.807, 2.05) is 57.6 Å². The number of nitrogens with one attached hydrogen (secondary N) is 1. The van der Waals surface area contributed by atoms with Crippen molar-refractivity contribution in [3.8, 4) is 5.75 Å². The van der Waals surface area contributed by atoms with E-state index in [0.717, 1.165) is 62.9 Å². The topological polar surface area (TPSA) is 82.5 Å². The molecule has 0 spiro atoms. The van der Waals surface area contributed by atoms with Crippen LogP contribution in [-0.2, 0) is 20.9 Å². The zero-order valence-corrected chi connectivity index (χ0v) is 20.3. The van der Waals surface area contributed by atoms with Gasteiger partial charge in [0.25, 0.3) is 0 Å². The number of aryl methyl sites for hydroxylation is 1. The maximum absolute atomic E-state index is 12.1. The number of anilines is 1. The first kappa shape index (κ1) is 26.4. The molecule has 0 bridgehead atoms. The number of hydrogen-bond acceptors (Lipinski definition) is 5. The highest BCUT2D eigenvalue weighted by molar-refractivity contribution is 5.90. The predicted octanol–water partition coefficient (Wildman–Crippen LogP) is 5.61. The van der Waals surface area contributed by atoms with Crippen LogP contribution in [0.1, 0.15) is 72.1 Å². The SMILES string of the molecule is CCOC(=O)C(C)(C)CCCCCOc1ccc(NC(=O)CCCCCn2ccnc2)cc1. The predicted molar refractivity (Wildman–Crippen MR) is 130 cm³/mol. The Morgan fingerprint density at radius 3 is 2.48 bits per heavy atom. The minimum Gasteiger partial charge on any atom is -0.494 e. The van der Waals surface area contributed by atoms with Gasteiger partial charge in [0, 0.05) is 31.0 Å². The van der Waals surface area contributed by atoms with Crippen molar-refractivity contribution in [1.82, 2.24) is 9.55 Å². The maximum Gasteiger partial charge on any atom is 0.311 e. The molecule has 1 heterocycles. The lowest BCUT2D eigenvalue weighted by Gasteiger charge is -2.21. The number of unbranched alkanes of at least 4 members (excludes halogenated alkanes) is 4. The molecule has 7 nitrogen and oxygen atoms in total. The van der Waals surface area contributed by atoms with Crippen molar-refractivity contribution in [3.05, 3.63) is 43.0 Å². The monoisotopic (exact) mass is 457 g/mol. The van der Waals surface area contributed by atoms with Crippen LogP contribution in [-0.4, -0.2) is 34.6 Å². The van der Waals surface area contributed by atoms with E-state index in [1.165, 1.54) is 0 Å².